The third-order valence-corrected chi connectivity index (χ3v) is 3.03. The van der Waals surface area contributed by atoms with E-state index in [0.717, 1.165) is 31.6 Å². The number of hydrogen-bond acceptors (Lipinski definition) is 3. The Kier molecular flexibility index (Phi) is 3.91. The van der Waals surface area contributed by atoms with Crippen LogP contribution in [-0.4, -0.2) is 23.7 Å². The number of ether oxygens (including phenoxy) is 1. The number of aromatic nitrogens is 1. The summed E-state index contributed by atoms with van der Waals surface area (Å²) < 4.78 is 5.58. The van der Waals surface area contributed by atoms with Crippen LogP contribution in [0.5, 0.6) is 0 Å². The summed E-state index contributed by atoms with van der Waals surface area (Å²) in [7, 11) is 0. The van der Waals surface area contributed by atoms with Crippen LogP contribution in [0.25, 0.3) is 0 Å². The Morgan fingerprint density at radius 1 is 1.56 bits per heavy atom. The molecule has 3 nitrogen and oxygen atoms in total. The monoisotopic (exact) mass is 220 g/mol. The molecule has 0 amide bonds. The highest BCUT2D eigenvalue weighted by Crippen LogP contribution is 2.17. The fourth-order valence-electron chi connectivity index (χ4n) is 2.14. The van der Waals surface area contributed by atoms with Crippen LogP contribution in [0, 0.1) is 6.92 Å². The zero-order valence-electron chi connectivity index (χ0n) is 9.86. The van der Waals surface area contributed by atoms with Gasteiger partial charge in [0.25, 0.3) is 0 Å². The lowest BCUT2D eigenvalue weighted by molar-refractivity contribution is 0.0982. The van der Waals surface area contributed by atoms with Gasteiger partial charge in [-0.2, -0.15) is 0 Å². The Bertz CT molecular complexity index is 317. The average molecular weight is 220 g/mol. The summed E-state index contributed by atoms with van der Waals surface area (Å²) in [5.74, 6) is 0. The zero-order chi connectivity index (χ0) is 11.4. The summed E-state index contributed by atoms with van der Waals surface area (Å²) in [5, 5.41) is 0. The quantitative estimate of drug-likeness (QED) is 0.842. The van der Waals surface area contributed by atoms with Crippen LogP contribution in [0.4, 0.5) is 0 Å². The molecule has 2 rings (SSSR count). The molecule has 3 heteroatoms. The van der Waals surface area contributed by atoms with Gasteiger partial charge in [-0.15, -0.1) is 0 Å². The van der Waals surface area contributed by atoms with Gasteiger partial charge in [0.1, 0.15) is 0 Å². The van der Waals surface area contributed by atoms with E-state index in [1.54, 1.807) is 0 Å². The topological polar surface area (TPSA) is 48.1 Å². The minimum atomic E-state index is 0.165. The molecule has 1 aliphatic heterocycles. The molecule has 1 aromatic rings. The molecule has 88 valence electrons. The first kappa shape index (κ1) is 11.6. The van der Waals surface area contributed by atoms with E-state index in [9.17, 15) is 0 Å². The van der Waals surface area contributed by atoms with Crippen LogP contribution >= 0.6 is 0 Å². The van der Waals surface area contributed by atoms with Crippen LogP contribution in [0.15, 0.2) is 18.3 Å². The van der Waals surface area contributed by atoms with Gasteiger partial charge in [-0.3, -0.25) is 4.98 Å². The lowest BCUT2D eigenvalue weighted by Gasteiger charge is -2.15. The van der Waals surface area contributed by atoms with E-state index < -0.39 is 0 Å². The fourth-order valence-corrected chi connectivity index (χ4v) is 2.14. The van der Waals surface area contributed by atoms with Crippen LogP contribution in [0.3, 0.4) is 0 Å². The molecule has 1 aliphatic rings. The van der Waals surface area contributed by atoms with Crippen molar-refractivity contribution in [1.82, 2.24) is 4.98 Å². The zero-order valence-corrected chi connectivity index (χ0v) is 9.86. The molecule has 0 bridgehead atoms. The van der Waals surface area contributed by atoms with Crippen molar-refractivity contribution >= 4 is 0 Å². The normalized spacial score (nSPS) is 22.2. The number of rotatable bonds is 4. The molecule has 2 heterocycles. The van der Waals surface area contributed by atoms with Crippen molar-refractivity contribution in [1.29, 1.82) is 0 Å². The molecule has 16 heavy (non-hydrogen) atoms. The van der Waals surface area contributed by atoms with Crippen LogP contribution in [0.2, 0.25) is 0 Å². The van der Waals surface area contributed by atoms with Crippen LogP contribution in [0.1, 0.15) is 30.5 Å². The van der Waals surface area contributed by atoms with E-state index in [1.807, 2.05) is 13.1 Å². The van der Waals surface area contributed by atoms with Crippen molar-refractivity contribution in [3.8, 4) is 0 Å². The number of nitrogens with two attached hydrogens (primary N) is 1. The van der Waals surface area contributed by atoms with Gasteiger partial charge in [0.2, 0.25) is 0 Å². The minimum Gasteiger partial charge on any atom is -0.378 e. The van der Waals surface area contributed by atoms with Crippen molar-refractivity contribution in [2.45, 2.75) is 44.8 Å². The predicted molar refractivity (Wildman–Crippen MR) is 64.2 cm³/mol. The van der Waals surface area contributed by atoms with Crippen molar-refractivity contribution in [3.63, 3.8) is 0 Å². The smallest absolute Gasteiger partial charge is 0.0590 e. The second-order valence-corrected chi connectivity index (χ2v) is 4.66. The largest absolute Gasteiger partial charge is 0.378 e. The molecular weight excluding hydrogens is 200 g/mol. The van der Waals surface area contributed by atoms with Crippen molar-refractivity contribution in [2.24, 2.45) is 5.73 Å². The second kappa shape index (κ2) is 5.41. The Morgan fingerprint density at radius 2 is 2.44 bits per heavy atom. The molecule has 0 aromatic carbocycles. The number of pyridine rings is 1. The maximum absolute atomic E-state index is 6.10. The first-order valence-electron chi connectivity index (χ1n) is 6.03. The Balaban J connectivity index is 1.81. The average Bonchev–Trinajstić information content (AvgIpc) is 2.74. The van der Waals surface area contributed by atoms with E-state index in [1.165, 1.54) is 12.0 Å². The highest BCUT2D eigenvalue weighted by atomic mass is 16.5. The molecule has 1 aromatic heterocycles. The summed E-state index contributed by atoms with van der Waals surface area (Å²) >= 11 is 0. The van der Waals surface area contributed by atoms with Gasteiger partial charge >= 0.3 is 0 Å². The molecule has 0 radical (unpaired) electrons. The summed E-state index contributed by atoms with van der Waals surface area (Å²) in [6.07, 6.45) is 6.42. The van der Waals surface area contributed by atoms with E-state index in [2.05, 4.69) is 17.1 Å². The maximum atomic E-state index is 6.10. The third-order valence-electron chi connectivity index (χ3n) is 3.03. The molecule has 0 spiro atoms. The lowest BCUT2D eigenvalue weighted by atomic mass is 10.0. The van der Waals surface area contributed by atoms with Crippen molar-refractivity contribution in [3.05, 3.63) is 29.6 Å². The lowest BCUT2D eigenvalue weighted by Crippen LogP contribution is -2.28. The maximum Gasteiger partial charge on any atom is 0.0590 e. The Hall–Kier alpha value is -0.930. The summed E-state index contributed by atoms with van der Waals surface area (Å²) in [5.41, 5.74) is 8.37. The van der Waals surface area contributed by atoms with Crippen molar-refractivity contribution in [2.75, 3.05) is 6.61 Å². The SMILES string of the molecule is Cc1ccc(CC(N)CC2CCCO2)nc1. The van der Waals surface area contributed by atoms with E-state index >= 15 is 0 Å². The molecule has 2 atom stereocenters. The second-order valence-electron chi connectivity index (χ2n) is 4.66. The van der Waals surface area contributed by atoms with E-state index in [0.29, 0.717) is 6.10 Å². The molecule has 2 N–H and O–H groups in total. The predicted octanol–water partition coefficient (Wildman–Crippen LogP) is 1.83. The molecular formula is C13H20N2O. The number of nitrogens with zero attached hydrogens (tertiary/aromatic N) is 1. The van der Waals surface area contributed by atoms with Gasteiger partial charge in [0.05, 0.1) is 6.10 Å². The van der Waals surface area contributed by atoms with Gasteiger partial charge in [0, 0.05) is 31.0 Å². The first-order chi connectivity index (χ1) is 7.74. The van der Waals surface area contributed by atoms with Gasteiger partial charge in [-0.1, -0.05) is 6.07 Å². The third kappa shape index (κ3) is 3.29. The van der Waals surface area contributed by atoms with Crippen LogP contribution < -0.4 is 5.73 Å². The van der Waals surface area contributed by atoms with Crippen molar-refractivity contribution < 1.29 is 4.74 Å². The van der Waals surface area contributed by atoms with Gasteiger partial charge in [-0.25, -0.2) is 0 Å². The first-order valence-corrected chi connectivity index (χ1v) is 6.03. The highest BCUT2D eigenvalue weighted by Gasteiger charge is 2.18. The fraction of sp³-hybridized carbons (Fsp3) is 0.615. The molecule has 2 unspecified atom stereocenters. The summed E-state index contributed by atoms with van der Waals surface area (Å²) in [4.78, 5) is 4.37. The standard InChI is InChI=1S/C13H20N2O/c1-10-4-5-12(15-9-10)7-11(14)8-13-3-2-6-16-13/h4-5,9,11,13H,2-3,6-8,14H2,1H3. The Morgan fingerprint density at radius 3 is 3.06 bits per heavy atom. The van der Waals surface area contributed by atoms with Crippen LogP contribution in [-0.2, 0) is 11.2 Å². The van der Waals surface area contributed by atoms with E-state index in [-0.39, 0.29) is 6.04 Å². The summed E-state index contributed by atoms with van der Waals surface area (Å²) in [6.45, 7) is 2.95. The molecule has 1 fully saturated rings. The Labute approximate surface area is 97.0 Å². The summed E-state index contributed by atoms with van der Waals surface area (Å²) in [6, 6.07) is 4.31. The highest BCUT2D eigenvalue weighted by molar-refractivity contribution is 5.13. The molecule has 0 saturated carbocycles. The minimum absolute atomic E-state index is 0.165. The van der Waals surface area contributed by atoms with Gasteiger partial charge in [0.15, 0.2) is 0 Å². The number of hydrogen-bond donors (Lipinski definition) is 1. The number of aryl methyl sites for hydroxylation is 1. The molecule has 1 saturated heterocycles. The van der Waals surface area contributed by atoms with Gasteiger partial charge < -0.3 is 10.5 Å². The van der Waals surface area contributed by atoms with E-state index in [4.69, 9.17) is 10.5 Å². The molecule has 0 aliphatic carbocycles. The van der Waals surface area contributed by atoms with Gasteiger partial charge in [-0.05, 0) is 37.8 Å².